The van der Waals surface area contributed by atoms with Gasteiger partial charge in [0.2, 0.25) is 5.91 Å². The first-order valence-corrected chi connectivity index (χ1v) is 9.83. The molecular weight excluding hydrogens is 393 g/mol. The summed E-state index contributed by atoms with van der Waals surface area (Å²) in [5.74, 6) is 2.28. The molecule has 2 aliphatic heterocycles. The average molecular weight is 422 g/mol. The van der Waals surface area contributed by atoms with Crippen LogP contribution in [0.25, 0.3) is 0 Å². The number of halogens is 2. The number of hydrogen-bond donors (Lipinski definition) is 2. The Labute approximate surface area is 172 Å². The monoisotopic (exact) mass is 421 g/mol. The molecular formula is C18H29Cl2N3O2S. The van der Waals surface area contributed by atoms with Crippen molar-refractivity contribution in [1.82, 2.24) is 10.2 Å². The first-order chi connectivity index (χ1) is 11.7. The van der Waals surface area contributed by atoms with Crippen molar-refractivity contribution in [3.05, 3.63) is 35.9 Å². The summed E-state index contributed by atoms with van der Waals surface area (Å²) in [7, 11) is 0. The number of nitrogens with one attached hydrogen (secondary N) is 1. The molecule has 2 heterocycles. The van der Waals surface area contributed by atoms with Crippen LogP contribution in [0.5, 0.6) is 0 Å². The molecule has 0 bridgehead atoms. The highest BCUT2D eigenvalue weighted by Crippen LogP contribution is 2.33. The third-order valence-electron chi connectivity index (χ3n) is 5.01. The summed E-state index contributed by atoms with van der Waals surface area (Å²) >= 11 is 1.98. The van der Waals surface area contributed by atoms with Crippen LogP contribution in [0.4, 0.5) is 0 Å². The van der Waals surface area contributed by atoms with Gasteiger partial charge in [-0.2, -0.15) is 11.8 Å². The van der Waals surface area contributed by atoms with Gasteiger partial charge in [0.25, 0.3) is 0 Å². The second-order valence-corrected chi connectivity index (χ2v) is 7.73. The number of nitrogens with two attached hydrogens (primary N) is 1. The fourth-order valence-electron chi connectivity index (χ4n) is 3.49. The fourth-order valence-corrected chi connectivity index (χ4v) is 4.97. The lowest BCUT2D eigenvalue weighted by Gasteiger charge is -2.43. The standard InChI is InChI=1S/C18H27N3O2S.2ClH/c19-16(15-4-2-1-3-5-15)12-17(22)20-13-18(6-11-24-14-18)21-7-9-23-10-8-21;;/h1-5,16H,6-14,19H2,(H,20,22);2*1H. The average Bonchev–Trinajstić information content (AvgIpc) is 3.12. The molecule has 1 aromatic rings. The molecule has 0 spiro atoms. The third kappa shape index (κ3) is 6.01. The zero-order valence-electron chi connectivity index (χ0n) is 14.9. The predicted molar refractivity (Wildman–Crippen MR) is 113 cm³/mol. The maximum Gasteiger partial charge on any atom is 0.221 e. The van der Waals surface area contributed by atoms with Crippen molar-refractivity contribution in [1.29, 1.82) is 0 Å². The van der Waals surface area contributed by atoms with Gasteiger partial charge in [0, 0.05) is 43.4 Å². The van der Waals surface area contributed by atoms with E-state index in [1.165, 1.54) is 0 Å². The largest absolute Gasteiger partial charge is 0.379 e. The van der Waals surface area contributed by atoms with Gasteiger partial charge < -0.3 is 15.8 Å². The minimum absolute atomic E-state index is 0. The van der Waals surface area contributed by atoms with E-state index in [2.05, 4.69) is 10.2 Å². The van der Waals surface area contributed by atoms with Gasteiger partial charge in [0.1, 0.15) is 0 Å². The highest BCUT2D eigenvalue weighted by molar-refractivity contribution is 7.99. The third-order valence-corrected chi connectivity index (χ3v) is 6.25. The van der Waals surface area contributed by atoms with Crippen molar-refractivity contribution < 1.29 is 9.53 Å². The van der Waals surface area contributed by atoms with Crippen LogP contribution in [-0.4, -0.2) is 60.7 Å². The van der Waals surface area contributed by atoms with E-state index in [9.17, 15) is 4.79 Å². The molecule has 8 heteroatoms. The molecule has 0 saturated carbocycles. The number of thioether (sulfide) groups is 1. The fraction of sp³-hybridized carbons (Fsp3) is 0.611. The number of benzene rings is 1. The Morgan fingerprint density at radius 1 is 1.27 bits per heavy atom. The molecule has 3 N–H and O–H groups in total. The number of nitrogens with zero attached hydrogens (tertiary/aromatic N) is 1. The van der Waals surface area contributed by atoms with E-state index >= 15 is 0 Å². The lowest BCUT2D eigenvalue weighted by Crippen LogP contribution is -2.59. The van der Waals surface area contributed by atoms with Crippen molar-refractivity contribution in [2.45, 2.75) is 24.4 Å². The molecule has 3 rings (SSSR count). The second-order valence-electron chi connectivity index (χ2n) is 6.62. The van der Waals surface area contributed by atoms with Gasteiger partial charge in [-0.3, -0.25) is 9.69 Å². The van der Waals surface area contributed by atoms with Gasteiger partial charge in [-0.05, 0) is 17.7 Å². The molecule has 2 atom stereocenters. The summed E-state index contributed by atoms with van der Waals surface area (Å²) in [5, 5.41) is 3.15. The molecule has 2 fully saturated rings. The number of hydrogen-bond acceptors (Lipinski definition) is 5. The number of morpholine rings is 1. The van der Waals surface area contributed by atoms with Crippen LogP contribution in [0.1, 0.15) is 24.4 Å². The molecule has 148 valence electrons. The van der Waals surface area contributed by atoms with Crippen molar-refractivity contribution >= 4 is 42.5 Å². The summed E-state index contributed by atoms with van der Waals surface area (Å²) in [6.45, 7) is 4.21. The number of carbonyl (C=O) groups excluding carboxylic acids is 1. The topological polar surface area (TPSA) is 67.6 Å². The summed E-state index contributed by atoms with van der Waals surface area (Å²) in [5.41, 5.74) is 7.25. The van der Waals surface area contributed by atoms with Crippen LogP contribution in [-0.2, 0) is 9.53 Å². The predicted octanol–water partition coefficient (Wildman–Crippen LogP) is 2.24. The Bertz CT molecular complexity index is 538. The SMILES string of the molecule is Cl.Cl.NC(CC(=O)NCC1(N2CCOCC2)CCSC1)c1ccccc1. The van der Waals surface area contributed by atoms with Crippen LogP contribution in [0.2, 0.25) is 0 Å². The number of rotatable bonds is 6. The maximum atomic E-state index is 12.4. The highest BCUT2D eigenvalue weighted by Gasteiger charge is 2.40. The van der Waals surface area contributed by atoms with Crippen molar-refractivity contribution in [2.75, 3.05) is 44.4 Å². The van der Waals surface area contributed by atoms with E-state index in [1.807, 2.05) is 42.1 Å². The lowest BCUT2D eigenvalue weighted by atomic mass is 9.95. The number of carbonyl (C=O) groups is 1. The summed E-state index contributed by atoms with van der Waals surface area (Å²) < 4.78 is 5.48. The van der Waals surface area contributed by atoms with Gasteiger partial charge in [0.15, 0.2) is 0 Å². The zero-order chi connectivity index (χ0) is 16.8. The lowest BCUT2D eigenvalue weighted by molar-refractivity contribution is -0.122. The summed E-state index contributed by atoms with van der Waals surface area (Å²) in [6, 6.07) is 9.57. The Morgan fingerprint density at radius 3 is 2.58 bits per heavy atom. The molecule has 0 aliphatic carbocycles. The number of amides is 1. The zero-order valence-corrected chi connectivity index (χ0v) is 17.3. The van der Waals surface area contributed by atoms with Gasteiger partial charge in [-0.1, -0.05) is 30.3 Å². The molecule has 0 aromatic heterocycles. The molecule has 2 unspecified atom stereocenters. The van der Waals surface area contributed by atoms with Crippen LogP contribution >= 0.6 is 36.6 Å². The van der Waals surface area contributed by atoms with Crippen LogP contribution < -0.4 is 11.1 Å². The van der Waals surface area contributed by atoms with E-state index in [1.54, 1.807) is 0 Å². The molecule has 5 nitrogen and oxygen atoms in total. The summed E-state index contributed by atoms with van der Waals surface area (Å²) in [6.07, 6.45) is 1.46. The van der Waals surface area contributed by atoms with Gasteiger partial charge in [0.05, 0.1) is 13.2 Å². The Kier molecular flexibility index (Phi) is 10.3. The minimum atomic E-state index is -0.247. The minimum Gasteiger partial charge on any atom is -0.379 e. The van der Waals surface area contributed by atoms with E-state index in [0.717, 1.165) is 49.8 Å². The first kappa shape index (κ1) is 23.5. The Morgan fingerprint density at radius 2 is 1.96 bits per heavy atom. The van der Waals surface area contributed by atoms with E-state index in [-0.39, 0.29) is 42.3 Å². The first-order valence-electron chi connectivity index (χ1n) is 8.67. The van der Waals surface area contributed by atoms with Crippen molar-refractivity contribution in [3.63, 3.8) is 0 Å². The molecule has 0 radical (unpaired) electrons. The van der Waals surface area contributed by atoms with Crippen LogP contribution in [0.15, 0.2) is 30.3 Å². The van der Waals surface area contributed by atoms with E-state index in [0.29, 0.717) is 13.0 Å². The summed E-state index contributed by atoms with van der Waals surface area (Å²) in [4.78, 5) is 14.9. The Hall–Kier alpha value is -0.500. The van der Waals surface area contributed by atoms with Crippen LogP contribution in [0, 0.1) is 0 Å². The van der Waals surface area contributed by atoms with E-state index < -0.39 is 0 Å². The molecule has 26 heavy (non-hydrogen) atoms. The van der Waals surface area contributed by atoms with Crippen molar-refractivity contribution in [2.24, 2.45) is 5.73 Å². The molecule has 1 aromatic carbocycles. The number of ether oxygens (including phenoxy) is 1. The van der Waals surface area contributed by atoms with Gasteiger partial charge in [-0.25, -0.2) is 0 Å². The maximum absolute atomic E-state index is 12.4. The molecule has 2 aliphatic rings. The second kappa shape index (κ2) is 11.4. The highest BCUT2D eigenvalue weighted by atomic mass is 35.5. The van der Waals surface area contributed by atoms with Crippen molar-refractivity contribution in [3.8, 4) is 0 Å². The quantitative estimate of drug-likeness (QED) is 0.736. The Balaban J connectivity index is 0.00000169. The van der Waals surface area contributed by atoms with E-state index in [4.69, 9.17) is 10.5 Å². The van der Waals surface area contributed by atoms with Crippen LogP contribution in [0.3, 0.4) is 0 Å². The smallest absolute Gasteiger partial charge is 0.221 e. The van der Waals surface area contributed by atoms with Gasteiger partial charge in [-0.15, -0.1) is 24.8 Å². The van der Waals surface area contributed by atoms with Gasteiger partial charge >= 0.3 is 0 Å². The molecule has 1 amide bonds. The molecule has 2 saturated heterocycles. The normalized spacial score (nSPS) is 24.2.